The lowest BCUT2D eigenvalue weighted by atomic mass is 9.95. The fraction of sp³-hybridized carbons (Fsp3) is 0.857. The maximum absolute atomic E-state index is 10.4. The molecule has 62 valence electrons. The van der Waals surface area contributed by atoms with Gasteiger partial charge >= 0.3 is 0 Å². The van der Waals surface area contributed by atoms with E-state index < -0.39 is 0 Å². The first kappa shape index (κ1) is 7.06. The van der Waals surface area contributed by atoms with Gasteiger partial charge in [0.2, 0.25) is 6.41 Å². The zero-order valence-electron chi connectivity index (χ0n) is 6.38. The second-order valence-electron chi connectivity index (χ2n) is 3.21. The normalized spacial score (nSPS) is 28.2. The van der Waals surface area contributed by atoms with Crippen LogP contribution >= 0.6 is 0 Å². The second kappa shape index (κ2) is 2.46. The molecular formula is C7H12N2O2. The minimum Gasteiger partial charge on any atom is -0.369 e. The zero-order chi connectivity index (χ0) is 7.73. The predicted octanol–water partition coefficient (Wildman–Crippen LogP) is -1.18. The zero-order valence-corrected chi connectivity index (χ0v) is 6.38. The van der Waals surface area contributed by atoms with Gasteiger partial charge in [-0.05, 0) is 0 Å². The molecule has 0 aromatic carbocycles. The van der Waals surface area contributed by atoms with Crippen LogP contribution in [0.2, 0.25) is 0 Å². The first-order valence-electron chi connectivity index (χ1n) is 3.89. The standard InChI is InChI=1S/C7H12N2O2/c10-6-9-1-2-11-7(5-9)3-8-4-7/h6,8H,1-5H2. The Kier molecular flexibility index (Phi) is 1.58. The van der Waals surface area contributed by atoms with Crippen molar-refractivity contribution in [1.29, 1.82) is 0 Å². The molecule has 2 aliphatic rings. The molecule has 2 saturated heterocycles. The summed E-state index contributed by atoms with van der Waals surface area (Å²) in [4.78, 5) is 12.2. The van der Waals surface area contributed by atoms with Gasteiger partial charge in [-0.2, -0.15) is 0 Å². The predicted molar refractivity (Wildman–Crippen MR) is 39.2 cm³/mol. The van der Waals surface area contributed by atoms with E-state index in [1.54, 1.807) is 4.90 Å². The van der Waals surface area contributed by atoms with E-state index in [-0.39, 0.29) is 5.60 Å². The van der Waals surface area contributed by atoms with Crippen molar-refractivity contribution in [2.45, 2.75) is 5.60 Å². The van der Waals surface area contributed by atoms with E-state index in [4.69, 9.17) is 4.74 Å². The smallest absolute Gasteiger partial charge is 0.209 e. The second-order valence-corrected chi connectivity index (χ2v) is 3.21. The summed E-state index contributed by atoms with van der Waals surface area (Å²) in [5.41, 5.74) is -0.0425. The van der Waals surface area contributed by atoms with E-state index in [0.717, 1.165) is 32.6 Å². The van der Waals surface area contributed by atoms with Crippen molar-refractivity contribution in [2.24, 2.45) is 0 Å². The molecule has 4 nitrogen and oxygen atoms in total. The minimum absolute atomic E-state index is 0.0425. The summed E-state index contributed by atoms with van der Waals surface area (Å²) >= 11 is 0. The van der Waals surface area contributed by atoms with Crippen LogP contribution < -0.4 is 5.32 Å². The lowest BCUT2D eigenvalue weighted by Crippen LogP contribution is -2.68. The lowest BCUT2D eigenvalue weighted by molar-refractivity contribution is -0.149. The Bertz CT molecular complexity index is 168. The van der Waals surface area contributed by atoms with Crippen LogP contribution in [0.5, 0.6) is 0 Å². The highest BCUT2D eigenvalue weighted by Gasteiger charge is 2.41. The van der Waals surface area contributed by atoms with Gasteiger partial charge in [-0.3, -0.25) is 4.79 Å². The van der Waals surface area contributed by atoms with Gasteiger partial charge in [0, 0.05) is 19.6 Å². The molecule has 0 aromatic heterocycles. The summed E-state index contributed by atoms with van der Waals surface area (Å²) in [5, 5.41) is 3.15. The third-order valence-electron chi connectivity index (χ3n) is 2.32. The minimum atomic E-state index is -0.0425. The molecule has 1 amide bonds. The largest absolute Gasteiger partial charge is 0.369 e. The molecule has 1 spiro atoms. The van der Waals surface area contributed by atoms with Crippen molar-refractivity contribution in [3.63, 3.8) is 0 Å². The fourth-order valence-corrected chi connectivity index (χ4v) is 1.58. The van der Waals surface area contributed by atoms with Crippen LogP contribution in [0.15, 0.2) is 0 Å². The van der Waals surface area contributed by atoms with Crippen LogP contribution in [0.3, 0.4) is 0 Å². The molecule has 2 aliphatic heterocycles. The molecule has 4 heteroatoms. The third kappa shape index (κ3) is 1.12. The number of carbonyl (C=O) groups excluding carboxylic acids is 1. The van der Waals surface area contributed by atoms with Crippen LogP contribution in [0.4, 0.5) is 0 Å². The number of ether oxygens (including phenoxy) is 1. The molecule has 0 radical (unpaired) electrons. The van der Waals surface area contributed by atoms with E-state index in [2.05, 4.69) is 5.32 Å². The molecule has 0 atom stereocenters. The van der Waals surface area contributed by atoms with Gasteiger partial charge in [-0.1, -0.05) is 0 Å². The highest BCUT2D eigenvalue weighted by molar-refractivity contribution is 5.47. The average molecular weight is 156 g/mol. The van der Waals surface area contributed by atoms with Crippen LogP contribution in [0, 0.1) is 0 Å². The molecule has 0 saturated carbocycles. The topological polar surface area (TPSA) is 41.6 Å². The van der Waals surface area contributed by atoms with Gasteiger partial charge < -0.3 is 15.0 Å². The Labute approximate surface area is 65.5 Å². The molecule has 2 fully saturated rings. The maximum Gasteiger partial charge on any atom is 0.209 e. The Morgan fingerprint density at radius 3 is 2.91 bits per heavy atom. The van der Waals surface area contributed by atoms with E-state index in [1.807, 2.05) is 0 Å². The number of carbonyl (C=O) groups is 1. The molecule has 2 rings (SSSR count). The van der Waals surface area contributed by atoms with E-state index in [0.29, 0.717) is 6.61 Å². The van der Waals surface area contributed by atoms with Crippen LogP contribution in [-0.2, 0) is 9.53 Å². The highest BCUT2D eigenvalue weighted by atomic mass is 16.5. The Balaban J connectivity index is 1.97. The summed E-state index contributed by atoms with van der Waals surface area (Å²) in [6.07, 6.45) is 0.905. The van der Waals surface area contributed by atoms with Crippen molar-refractivity contribution < 1.29 is 9.53 Å². The molecule has 0 unspecified atom stereocenters. The SMILES string of the molecule is O=CN1CCOC2(CNC2)C1. The average Bonchev–Trinajstić information content (AvgIpc) is 2.02. The Morgan fingerprint density at radius 1 is 1.55 bits per heavy atom. The molecule has 0 aromatic rings. The van der Waals surface area contributed by atoms with Gasteiger partial charge in [0.05, 0.1) is 13.2 Å². The monoisotopic (exact) mass is 156 g/mol. The molecule has 2 heterocycles. The fourth-order valence-electron chi connectivity index (χ4n) is 1.58. The first-order valence-corrected chi connectivity index (χ1v) is 3.89. The van der Waals surface area contributed by atoms with Crippen molar-refractivity contribution in [2.75, 3.05) is 32.8 Å². The first-order chi connectivity index (χ1) is 5.35. The highest BCUT2D eigenvalue weighted by Crippen LogP contribution is 2.20. The number of hydrogen-bond acceptors (Lipinski definition) is 3. The Hall–Kier alpha value is -0.610. The van der Waals surface area contributed by atoms with Gasteiger partial charge in [-0.15, -0.1) is 0 Å². The summed E-state index contributed by atoms with van der Waals surface area (Å²) in [6, 6.07) is 0. The number of nitrogens with zero attached hydrogens (tertiary/aromatic N) is 1. The number of amides is 1. The van der Waals surface area contributed by atoms with E-state index in [1.165, 1.54) is 0 Å². The third-order valence-corrected chi connectivity index (χ3v) is 2.32. The van der Waals surface area contributed by atoms with Gasteiger partial charge in [0.1, 0.15) is 5.60 Å². The number of morpholine rings is 1. The summed E-state index contributed by atoms with van der Waals surface area (Å²) < 4.78 is 5.57. The van der Waals surface area contributed by atoms with Gasteiger partial charge in [0.15, 0.2) is 0 Å². The van der Waals surface area contributed by atoms with Crippen molar-refractivity contribution in [3.8, 4) is 0 Å². The van der Waals surface area contributed by atoms with Crippen LogP contribution in [0.1, 0.15) is 0 Å². The molecule has 0 bridgehead atoms. The summed E-state index contributed by atoms with van der Waals surface area (Å²) in [6.45, 7) is 3.95. The van der Waals surface area contributed by atoms with Crippen molar-refractivity contribution in [3.05, 3.63) is 0 Å². The Morgan fingerprint density at radius 2 is 2.36 bits per heavy atom. The summed E-state index contributed by atoms with van der Waals surface area (Å²) in [5.74, 6) is 0. The van der Waals surface area contributed by atoms with Crippen LogP contribution in [0.25, 0.3) is 0 Å². The van der Waals surface area contributed by atoms with Gasteiger partial charge in [0.25, 0.3) is 0 Å². The molecular weight excluding hydrogens is 144 g/mol. The van der Waals surface area contributed by atoms with E-state index >= 15 is 0 Å². The molecule has 11 heavy (non-hydrogen) atoms. The number of rotatable bonds is 1. The van der Waals surface area contributed by atoms with Crippen molar-refractivity contribution in [1.82, 2.24) is 10.2 Å². The molecule has 1 N–H and O–H groups in total. The van der Waals surface area contributed by atoms with Crippen LogP contribution in [-0.4, -0.2) is 49.7 Å². The summed E-state index contributed by atoms with van der Waals surface area (Å²) in [7, 11) is 0. The maximum atomic E-state index is 10.4. The van der Waals surface area contributed by atoms with Crippen molar-refractivity contribution >= 4 is 6.41 Å². The quantitative estimate of drug-likeness (QED) is 0.486. The van der Waals surface area contributed by atoms with E-state index in [9.17, 15) is 4.79 Å². The number of nitrogens with one attached hydrogen (secondary N) is 1. The molecule has 0 aliphatic carbocycles. The number of hydrogen-bond donors (Lipinski definition) is 1. The van der Waals surface area contributed by atoms with Gasteiger partial charge in [-0.25, -0.2) is 0 Å². The lowest BCUT2D eigenvalue weighted by Gasteiger charge is -2.47.